The van der Waals surface area contributed by atoms with E-state index in [1.807, 2.05) is 19.1 Å². The Balaban J connectivity index is 1.65. The molecular formula is C17H15ClN6O2. The van der Waals surface area contributed by atoms with Crippen molar-refractivity contribution in [2.45, 2.75) is 13.7 Å². The topological polar surface area (TPSA) is 97.8 Å². The monoisotopic (exact) mass is 370 g/mol. The van der Waals surface area contributed by atoms with E-state index < -0.39 is 5.91 Å². The van der Waals surface area contributed by atoms with Gasteiger partial charge in [-0.1, -0.05) is 11.6 Å². The van der Waals surface area contributed by atoms with Gasteiger partial charge in [0.15, 0.2) is 12.4 Å². The van der Waals surface area contributed by atoms with Crippen LogP contribution in [0.1, 0.15) is 21.6 Å². The van der Waals surface area contributed by atoms with Crippen LogP contribution in [0.4, 0.5) is 5.82 Å². The lowest BCUT2D eigenvalue weighted by atomic mass is 10.2. The fourth-order valence-corrected chi connectivity index (χ4v) is 2.36. The number of nitrogens with one attached hydrogen (secondary N) is 1. The summed E-state index contributed by atoms with van der Waals surface area (Å²) in [6, 6.07) is 8.88. The van der Waals surface area contributed by atoms with Crippen LogP contribution in [0.2, 0.25) is 5.02 Å². The molecule has 1 amide bonds. The molecular weight excluding hydrogens is 356 g/mol. The van der Waals surface area contributed by atoms with Crippen LogP contribution < -0.4 is 10.1 Å². The van der Waals surface area contributed by atoms with Crippen molar-refractivity contribution in [1.29, 1.82) is 5.26 Å². The van der Waals surface area contributed by atoms with Gasteiger partial charge < -0.3 is 10.1 Å². The molecule has 2 heterocycles. The van der Waals surface area contributed by atoms with Gasteiger partial charge in [0.1, 0.15) is 23.2 Å². The number of benzene rings is 1. The summed E-state index contributed by atoms with van der Waals surface area (Å²) >= 11 is 5.98. The Labute approximate surface area is 154 Å². The normalized spacial score (nSPS) is 10.4. The number of aromatic nitrogens is 4. The number of ether oxygens (including phenoxy) is 1. The average Bonchev–Trinajstić information content (AvgIpc) is 3.23. The fourth-order valence-electron chi connectivity index (χ4n) is 2.24. The van der Waals surface area contributed by atoms with Crippen LogP contribution in [0.5, 0.6) is 5.75 Å². The first-order valence-corrected chi connectivity index (χ1v) is 8.01. The first kappa shape index (κ1) is 17.5. The lowest BCUT2D eigenvalue weighted by molar-refractivity contribution is 0.101. The second-order valence-corrected chi connectivity index (χ2v) is 5.93. The van der Waals surface area contributed by atoms with Crippen LogP contribution in [-0.2, 0) is 13.8 Å². The van der Waals surface area contributed by atoms with Gasteiger partial charge in [-0.2, -0.15) is 15.5 Å². The van der Waals surface area contributed by atoms with Crippen LogP contribution in [0.3, 0.4) is 0 Å². The van der Waals surface area contributed by atoms with Crippen LogP contribution in [0.15, 0.2) is 36.7 Å². The zero-order chi connectivity index (χ0) is 18.7. The summed E-state index contributed by atoms with van der Waals surface area (Å²) in [6.07, 6.45) is 3.02. The maximum absolute atomic E-state index is 12.3. The van der Waals surface area contributed by atoms with Crippen LogP contribution in [-0.4, -0.2) is 25.5 Å². The van der Waals surface area contributed by atoms with E-state index in [1.165, 1.54) is 15.6 Å². The Morgan fingerprint density at radius 3 is 2.96 bits per heavy atom. The molecule has 26 heavy (non-hydrogen) atoms. The fraction of sp³-hybridized carbons (Fsp3) is 0.176. The summed E-state index contributed by atoms with van der Waals surface area (Å²) in [5.41, 5.74) is 1.39. The summed E-state index contributed by atoms with van der Waals surface area (Å²) in [5.74, 6) is 0.535. The Morgan fingerprint density at radius 2 is 2.23 bits per heavy atom. The molecule has 8 nitrogen and oxygen atoms in total. The van der Waals surface area contributed by atoms with Crippen LogP contribution >= 0.6 is 11.6 Å². The van der Waals surface area contributed by atoms with Gasteiger partial charge in [-0.3, -0.25) is 9.48 Å². The van der Waals surface area contributed by atoms with Crippen molar-refractivity contribution in [1.82, 2.24) is 19.6 Å². The molecule has 0 saturated heterocycles. The highest BCUT2D eigenvalue weighted by Crippen LogP contribution is 2.21. The number of aryl methyl sites for hydroxylation is 2. The molecule has 0 spiro atoms. The van der Waals surface area contributed by atoms with Gasteiger partial charge in [-0.05, 0) is 36.8 Å². The van der Waals surface area contributed by atoms with Gasteiger partial charge in [-0.15, -0.1) is 0 Å². The van der Waals surface area contributed by atoms with Crippen molar-refractivity contribution in [2.75, 3.05) is 5.32 Å². The molecule has 0 aliphatic rings. The average molecular weight is 371 g/mol. The quantitative estimate of drug-likeness (QED) is 0.744. The van der Waals surface area contributed by atoms with E-state index in [-0.39, 0.29) is 18.0 Å². The van der Waals surface area contributed by atoms with Gasteiger partial charge in [0.05, 0.1) is 6.20 Å². The first-order chi connectivity index (χ1) is 12.5. The first-order valence-electron chi connectivity index (χ1n) is 7.64. The predicted octanol–water partition coefficient (Wildman–Crippen LogP) is 2.74. The molecule has 0 aliphatic carbocycles. The number of amides is 1. The molecule has 1 N–H and O–H groups in total. The number of rotatable bonds is 5. The zero-order valence-corrected chi connectivity index (χ0v) is 14.9. The van der Waals surface area contributed by atoms with Crippen molar-refractivity contribution < 1.29 is 9.53 Å². The molecule has 3 aromatic rings. The molecule has 0 radical (unpaired) electrons. The largest absolute Gasteiger partial charge is 0.471 e. The molecule has 0 unspecified atom stereocenters. The molecule has 0 bridgehead atoms. The van der Waals surface area contributed by atoms with Gasteiger partial charge in [0, 0.05) is 18.3 Å². The number of carbonyl (C=O) groups is 1. The lowest BCUT2D eigenvalue weighted by Gasteiger charge is -2.08. The summed E-state index contributed by atoms with van der Waals surface area (Å²) in [4.78, 5) is 12.3. The highest BCUT2D eigenvalue weighted by molar-refractivity contribution is 6.31. The number of nitrogens with zero attached hydrogens (tertiary/aromatic N) is 5. The number of hydrogen-bond donors (Lipinski definition) is 1. The molecule has 0 saturated carbocycles. The van der Waals surface area contributed by atoms with Crippen molar-refractivity contribution in [3.63, 3.8) is 0 Å². The maximum atomic E-state index is 12.3. The van der Waals surface area contributed by atoms with Crippen molar-refractivity contribution in [2.24, 2.45) is 7.05 Å². The molecule has 2 aromatic heterocycles. The van der Waals surface area contributed by atoms with E-state index in [2.05, 4.69) is 15.5 Å². The van der Waals surface area contributed by atoms with Crippen molar-refractivity contribution in [3.8, 4) is 11.8 Å². The highest BCUT2D eigenvalue weighted by atomic mass is 35.5. The third-order valence-electron chi connectivity index (χ3n) is 3.66. The Bertz CT molecular complexity index is 1000. The van der Waals surface area contributed by atoms with Crippen molar-refractivity contribution >= 4 is 23.3 Å². The number of carbonyl (C=O) groups excluding carboxylic acids is 1. The smallest absolute Gasteiger partial charge is 0.277 e. The van der Waals surface area contributed by atoms with E-state index in [1.54, 1.807) is 31.4 Å². The van der Waals surface area contributed by atoms with Crippen LogP contribution in [0, 0.1) is 18.3 Å². The molecule has 0 fully saturated rings. The van der Waals surface area contributed by atoms with Crippen LogP contribution in [0.25, 0.3) is 0 Å². The number of anilines is 1. The Morgan fingerprint density at radius 1 is 1.42 bits per heavy atom. The minimum Gasteiger partial charge on any atom is -0.471 e. The van der Waals surface area contributed by atoms with E-state index >= 15 is 0 Å². The second-order valence-electron chi connectivity index (χ2n) is 5.52. The predicted molar refractivity (Wildman–Crippen MR) is 94.9 cm³/mol. The van der Waals surface area contributed by atoms with Gasteiger partial charge in [0.25, 0.3) is 5.91 Å². The molecule has 1 aromatic carbocycles. The van der Waals surface area contributed by atoms with E-state index in [9.17, 15) is 4.79 Å². The Hall–Kier alpha value is -3.31. The summed E-state index contributed by atoms with van der Waals surface area (Å²) < 4.78 is 8.54. The van der Waals surface area contributed by atoms with Crippen molar-refractivity contribution in [3.05, 3.63) is 58.5 Å². The van der Waals surface area contributed by atoms with E-state index in [4.69, 9.17) is 21.6 Å². The van der Waals surface area contributed by atoms with E-state index in [0.717, 1.165) is 5.56 Å². The summed E-state index contributed by atoms with van der Waals surface area (Å²) in [5, 5.41) is 20.5. The Kier molecular flexibility index (Phi) is 4.91. The summed E-state index contributed by atoms with van der Waals surface area (Å²) in [7, 11) is 1.64. The summed E-state index contributed by atoms with van der Waals surface area (Å²) in [6.45, 7) is 2.03. The highest BCUT2D eigenvalue weighted by Gasteiger charge is 2.15. The number of nitriles is 1. The third kappa shape index (κ3) is 3.68. The number of hydrogen-bond acceptors (Lipinski definition) is 5. The lowest BCUT2D eigenvalue weighted by Crippen LogP contribution is -2.17. The maximum Gasteiger partial charge on any atom is 0.277 e. The molecule has 9 heteroatoms. The van der Waals surface area contributed by atoms with E-state index in [0.29, 0.717) is 16.6 Å². The molecule has 132 valence electrons. The minimum atomic E-state index is -0.439. The standard InChI is InChI=1S/C17H15ClN6O2/c1-11-7-13(3-4-14(11)18)26-10-24-6-5-15(22-24)17(25)21-16-12(8-19)9-20-23(16)2/h3-7,9H,10H2,1-2H3,(H,21,25). The SMILES string of the molecule is Cc1cc(OCn2ccc(C(=O)Nc3c(C#N)cnn3C)n2)ccc1Cl. The second kappa shape index (κ2) is 7.29. The van der Waals surface area contributed by atoms with Gasteiger partial charge in [0.2, 0.25) is 0 Å². The van der Waals surface area contributed by atoms with Gasteiger partial charge >= 0.3 is 0 Å². The number of halogens is 1. The minimum absolute atomic E-state index is 0.142. The molecule has 0 atom stereocenters. The molecule has 0 aliphatic heterocycles. The third-order valence-corrected chi connectivity index (χ3v) is 4.08. The molecule has 3 rings (SSSR count). The van der Waals surface area contributed by atoms with Gasteiger partial charge in [-0.25, -0.2) is 4.68 Å². The zero-order valence-electron chi connectivity index (χ0n) is 14.1.